The molecule has 80 valence electrons. The monoisotopic (exact) mass is 193 g/mol. The van der Waals surface area contributed by atoms with Gasteiger partial charge in [-0.25, -0.2) is 0 Å². The quantitative estimate of drug-likeness (QED) is 0.623. The van der Waals surface area contributed by atoms with Crippen LogP contribution in [0.5, 0.6) is 0 Å². The van der Waals surface area contributed by atoms with Crippen LogP contribution in [0.15, 0.2) is 0 Å². The van der Waals surface area contributed by atoms with Crippen molar-refractivity contribution in [2.45, 2.75) is 69.7 Å². The first-order valence-electron chi connectivity index (χ1n) is 6.58. The molecule has 1 heterocycles. The maximum absolute atomic E-state index is 3.78. The van der Waals surface area contributed by atoms with E-state index in [1.54, 1.807) is 12.8 Å². The average Bonchev–Trinajstić information content (AvgIpc) is 2.81. The summed E-state index contributed by atoms with van der Waals surface area (Å²) < 4.78 is 0. The third kappa shape index (κ3) is 1.41. The van der Waals surface area contributed by atoms with Gasteiger partial charge in [0.1, 0.15) is 0 Å². The van der Waals surface area contributed by atoms with Gasteiger partial charge in [0.15, 0.2) is 0 Å². The van der Waals surface area contributed by atoms with Gasteiger partial charge in [-0.1, -0.05) is 12.8 Å². The smallest absolute Gasteiger partial charge is 0.0182 e. The number of hydrogen-bond donors (Lipinski definition) is 1. The fourth-order valence-corrected chi connectivity index (χ4v) is 4.18. The van der Waals surface area contributed by atoms with E-state index in [4.69, 9.17) is 0 Å². The van der Waals surface area contributed by atoms with Gasteiger partial charge in [0.25, 0.3) is 0 Å². The molecule has 3 fully saturated rings. The Labute approximate surface area is 87.7 Å². The molecule has 1 aliphatic heterocycles. The van der Waals surface area contributed by atoms with E-state index in [2.05, 4.69) is 5.32 Å². The van der Waals surface area contributed by atoms with E-state index in [9.17, 15) is 0 Å². The van der Waals surface area contributed by atoms with Gasteiger partial charge < -0.3 is 5.32 Å². The molecule has 2 spiro atoms. The van der Waals surface area contributed by atoms with Crippen molar-refractivity contribution in [1.82, 2.24) is 5.32 Å². The predicted molar refractivity (Wildman–Crippen MR) is 59.3 cm³/mol. The zero-order chi connectivity index (χ0) is 9.49. The van der Waals surface area contributed by atoms with E-state index in [1.165, 1.54) is 57.9 Å². The van der Waals surface area contributed by atoms with Gasteiger partial charge in [-0.15, -0.1) is 0 Å². The highest BCUT2D eigenvalue weighted by Gasteiger charge is 2.44. The summed E-state index contributed by atoms with van der Waals surface area (Å²) in [6.45, 7) is 1.28. The Balaban J connectivity index is 1.66. The van der Waals surface area contributed by atoms with Crippen LogP contribution in [-0.4, -0.2) is 12.1 Å². The third-order valence-corrected chi connectivity index (χ3v) is 5.26. The number of nitrogens with one attached hydrogen (secondary N) is 1. The summed E-state index contributed by atoms with van der Waals surface area (Å²) in [6.07, 6.45) is 15.0. The summed E-state index contributed by atoms with van der Waals surface area (Å²) in [7, 11) is 0. The second kappa shape index (κ2) is 3.23. The van der Waals surface area contributed by atoms with Crippen molar-refractivity contribution in [3.05, 3.63) is 0 Å². The topological polar surface area (TPSA) is 12.0 Å². The highest BCUT2D eigenvalue weighted by molar-refractivity contribution is 5.01. The number of rotatable bonds is 0. The van der Waals surface area contributed by atoms with Crippen molar-refractivity contribution < 1.29 is 0 Å². The molecule has 0 unspecified atom stereocenters. The molecule has 1 heteroatoms. The molecule has 0 amide bonds. The molecule has 0 radical (unpaired) electrons. The molecular formula is C13H23N. The van der Waals surface area contributed by atoms with Crippen molar-refractivity contribution >= 4 is 0 Å². The molecule has 2 saturated carbocycles. The van der Waals surface area contributed by atoms with Crippen LogP contribution in [0.2, 0.25) is 0 Å². The third-order valence-electron chi connectivity index (χ3n) is 5.26. The lowest BCUT2D eigenvalue weighted by molar-refractivity contribution is 0.122. The molecule has 0 aromatic carbocycles. The van der Waals surface area contributed by atoms with Crippen LogP contribution < -0.4 is 5.32 Å². The Morgan fingerprint density at radius 3 is 1.93 bits per heavy atom. The van der Waals surface area contributed by atoms with Gasteiger partial charge >= 0.3 is 0 Å². The molecule has 3 aliphatic rings. The first-order valence-corrected chi connectivity index (χ1v) is 6.58. The summed E-state index contributed by atoms with van der Waals surface area (Å²) in [5.41, 5.74) is 1.42. The van der Waals surface area contributed by atoms with Gasteiger partial charge in [-0.3, -0.25) is 0 Å². The van der Waals surface area contributed by atoms with E-state index in [-0.39, 0.29) is 0 Å². The van der Waals surface area contributed by atoms with Gasteiger partial charge in [-0.2, -0.15) is 0 Å². The van der Waals surface area contributed by atoms with Crippen molar-refractivity contribution in [1.29, 1.82) is 0 Å². The lowest BCUT2D eigenvalue weighted by atomic mass is 9.66. The molecule has 14 heavy (non-hydrogen) atoms. The second-order valence-corrected chi connectivity index (χ2v) is 6.02. The van der Waals surface area contributed by atoms with E-state index < -0.39 is 0 Å². The normalized spacial score (nSPS) is 34.3. The minimum atomic E-state index is 0.605. The van der Waals surface area contributed by atoms with E-state index in [0.717, 1.165) is 5.41 Å². The van der Waals surface area contributed by atoms with E-state index in [1.807, 2.05) is 0 Å². The Morgan fingerprint density at radius 2 is 1.36 bits per heavy atom. The van der Waals surface area contributed by atoms with E-state index in [0.29, 0.717) is 5.54 Å². The van der Waals surface area contributed by atoms with Crippen LogP contribution in [0.4, 0.5) is 0 Å². The van der Waals surface area contributed by atoms with Crippen LogP contribution >= 0.6 is 0 Å². The fraction of sp³-hybridized carbons (Fsp3) is 1.00. The van der Waals surface area contributed by atoms with Gasteiger partial charge in [-0.05, 0) is 63.3 Å². The summed E-state index contributed by atoms with van der Waals surface area (Å²) in [6, 6.07) is 0. The summed E-state index contributed by atoms with van der Waals surface area (Å²) in [5, 5.41) is 3.78. The van der Waals surface area contributed by atoms with Gasteiger partial charge in [0.2, 0.25) is 0 Å². The molecule has 0 aromatic heterocycles. The summed E-state index contributed by atoms with van der Waals surface area (Å²) >= 11 is 0. The first-order chi connectivity index (χ1) is 6.83. The zero-order valence-corrected chi connectivity index (χ0v) is 9.28. The van der Waals surface area contributed by atoms with Crippen LogP contribution in [0.1, 0.15) is 64.2 Å². The van der Waals surface area contributed by atoms with Crippen LogP contribution in [0.25, 0.3) is 0 Å². The molecule has 1 N–H and O–H groups in total. The van der Waals surface area contributed by atoms with Crippen LogP contribution in [-0.2, 0) is 0 Å². The average molecular weight is 193 g/mol. The first kappa shape index (κ1) is 9.21. The largest absolute Gasteiger partial charge is 0.311 e. The predicted octanol–water partition coefficient (Wildman–Crippen LogP) is 3.24. The lowest BCUT2D eigenvalue weighted by Crippen LogP contribution is -2.45. The van der Waals surface area contributed by atoms with Gasteiger partial charge in [0.05, 0.1) is 0 Å². The Morgan fingerprint density at radius 1 is 0.643 bits per heavy atom. The maximum Gasteiger partial charge on any atom is 0.0182 e. The molecule has 1 nitrogen and oxygen atoms in total. The highest BCUT2D eigenvalue weighted by atomic mass is 15.0. The Bertz CT molecular complexity index is 173. The minimum Gasteiger partial charge on any atom is -0.311 e. The highest BCUT2D eigenvalue weighted by Crippen LogP contribution is 2.52. The van der Waals surface area contributed by atoms with E-state index >= 15 is 0 Å². The SMILES string of the molecule is C1CCC2(C1)CCC1(CCCN1)CC2. The molecule has 3 rings (SSSR count). The standard InChI is InChI=1S/C13H23N/c1-2-5-12(4-1)7-9-13(10-8-12)6-3-11-14-13/h14H,1-11H2. The fourth-order valence-electron chi connectivity index (χ4n) is 4.18. The lowest BCUT2D eigenvalue weighted by Gasteiger charge is -2.43. The van der Waals surface area contributed by atoms with Crippen molar-refractivity contribution in [3.8, 4) is 0 Å². The van der Waals surface area contributed by atoms with Crippen LogP contribution in [0, 0.1) is 5.41 Å². The van der Waals surface area contributed by atoms with Crippen LogP contribution in [0.3, 0.4) is 0 Å². The molecular weight excluding hydrogens is 170 g/mol. The van der Waals surface area contributed by atoms with Crippen molar-refractivity contribution in [3.63, 3.8) is 0 Å². The van der Waals surface area contributed by atoms with Crippen molar-refractivity contribution in [2.24, 2.45) is 5.41 Å². The van der Waals surface area contributed by atoms with Gasteiger partial charge in [0, 0.05) is 5.54 Å². The molecule has 0 aromatic rings. The maximum atomic E-state index is 3.78. The molecule has 1 saturated heterocycles. The zero-order valence-electron chi connectivity index (χ0n) is 9.28. The molecule has 2 aliphatic carbocycles. The van der Waals surface area contributed by atoms with Crippen molar-refractivity contribution in [2.75, 3.05) is 6.54 Å². The molecule has 0 atom stereocenters. The summed E-state index contributed by atoms with van der Waals surface area (Å²) in [5.74, 6) is 0. The molecule has 0 bridgehead atoms. The number of hydrogen-bond acceptors (Lipinski definition) is 1. The Kier molecular flexibility index (Phi) is 2.12. The minimum absolute atomic E-state index is 0.605. The second-order valence-electron chi connectivity index (χ2n) is 6.02. The Hall–Kier alpha value is -0.0400. The summed E-state index contributed by atoms with van der Waals surface area (Å²) in [4.78, 5) is 0.